The van der Waals surface area contributed by atoms with Gasteiger partial charge in [-0.2, -0.15) is 5.10 Å². The molecule has 0 radical (unpaired) electrons. The van der Waals surface area contributed by atoms with Crippen LogP contribution in [0, 0.1) is 6.92 Å². The van der Waals surface area contributed by atoms with Crippen LogP contribution in [0.25, 0.3) is 0 Å². The quantitative estimate of drug-likeness (QED) is 0.890. The third-order valence-corrected chi connectivity index (χ3v) is 3.69. The summed E-state index contributed by atoms with van der Waals surface area (Å²) in [6.07, 6.45) is 3.45. The van der Waals surface area contributed by atoms with Crippen LogP contribution >= 0.6 is 11.6 Å². The molecule has 108 valence electrons. The van der Waals surface area contributed by atoms with Gasteiger partial charge < -0.3 is 5.32 Å². The Morgan fingerprint density at radius 1 is 1.40 bits per heavy atom. The van der Waals surface area contributed by atoms with Crippen molar-refractivity contribution in [3.63, 3.8) is 0 Å². The Bertz CT molecular complexity index is 565. The van der Waals surface area contributed by atoms with E-state index in [0.29, 0.717) is 0 Å². The number of halogens is 1. The lowest BCUT2D eigenvalue weighted by atomic mass is 10.0. The summed E-state index contributed by atoms with van der Waals surface area (Å²) in [5.41, 5.74) is 2.29. The lowest BCUT2D eigenvalue weighted by molar-refractivity contribution is 0.506. The van der Waals surface area contributed by atoms with Crippen molar-refractivity contribution in [1.82, 2.24) is 20.1 Å². The van der Waals surface area contributed by atoms with E-state index in [0.717, 1.165) is 35.8 Å². The van der Waals surface area contributed by atoms with Gasteiger partial charge in [0, 0.05) is 24.5 Å². The summed E-state index contributed by atoms with van der Waals surface area (Å²) in [7, 11) is 1.91. The summed E-state index contributed by atoms with van der Waals surface area (Å²) in [4.78, 5) is 4.31. The number of hydrogen-bond acceptors (Lipinski definition) is 3. The molecule has 1 atom stereocenters. The third kappa shape index (κ3) is 3.58. The molecule has 1 N–H and O–H groups in total. The van der Waals surface area contributed by atoms with E-state index in [1.54, 1.807) is 6.33 Å². The van der Waals surface area contributed by atoms with Crippen molar-refractivity contribution in [1.29, 1.82) is 0 Å². The smallest absolute Gasteiger partial charge is 0.138 e. The van der Waals surface area contributed by atoms with Gasteiger partial charge in [-0.15, -0.1) is 0 Å². The van der Waals surface area contributed by atoms with E-state index in [4.69, 9.17) is 11.6 Å². The standard InChI is InChI=1S/C15H21ClN4/c1-4-7-17-14(9-15-18-10-19-20(15)3)12-6-5-11(2)8-13(12)16/h5-6,8,10,14,17H,4,7,9H2,1-3H3. The zero-order valence-electron chi connectivity index (χ0n) is 12.2. The molecule has 0 aliphatic rings. The Labute approximate surface area is 125 Å². The molecule has 0 amide bonds. The molecule has 0 saturated heterocycles. The monoisotopic (exact) mass is 292 g/mol. The zero-order valence-corrected chi connectivity index (χ0v) is 13.0. The van der Waals surface area contributed by atoms with Crippen molar-refractivity contribution < 1.29 is 0 Å². The molecule has 0 fully saturated rings. The Hall–Kier alpha value is -1.39. The van der Waals surface area contributed by atoms with E-state index in [2.05, 4.69) is 34.5 Å². The van der Waals surface area contributed by atoms with Crippen LogP contribution in [-0.2, 0) is 13.5 Å². The first-order valence-electron chi connectivity index (χ1n) is 6.94. The molecular formula is C15H21ClN4. The van der Waals surface area contributed by atoms with Crippen molar-refractivity contribution in [2.24, 2.45) is 7.05 Å². The zero-order chi connectivity index (χ0) is 14.5. The molecule has 1 heterocycles. The van der Waals surface area contributed by atoms with Crippen LogP contribution in [0.3, 0.4) is 0 Å². The number of aryl methyl sites for hydroxylation is 2. The van der Waals surface area contributed by atoms with Crippen LogP contribution in [-0.4, -0.2) is 21.3 Å². The summed E-state index contributed by atoms with van der Waals surface area (Å²) >= 11 is 6.40. The number of nitrogens with zero attached hydrogens (tertiary/aromatic N) is 3. The van der Waals surface area contributed by atoms with Gasteiger partial charge in [0.15, 0.2) is 0 Å². The molecule has 2 aromatic rings. The second kappa shape index (κ2) is 6.86. The first-order valence-corrected chi connectivity index (χ1v) is 7.32. The molecule has 0 aliphatic heterocycles. The average molecular weight is 293 g/mol. The minimum Gasteiger partial charge on any atom is -0.310 e. The number of aromatic nitrogens is 3. The Kier molecular flexibility index (Phi) is 5.15. The van der Waals surface area contributed by atoms with Gasteiger partial charge >= 0.3 is 0 Å². The summed E-state index contributed by atoms with van der Waals surface area (Å²) in [5, 5.41) is 8.48. The molecule has 0 aliphatic carbocycles. The highest BCUT2D eigenvalue weighted by molar-refractivity contribution is 6.31. The van der Waals surface area contributed by atoms with Crippen LogP contribution in [0.2, 0.25) is 5.02 Å². The van der Waals surface area contributed by atoms with Gasteiger partial charge in [-0.25, -0.2) is 4.98 Å². The Balaban J connectivity index is 2.24. The Morgan fingerprint density at radius 2 is 2.20 bits per heavy atom. The maximum Gasteiger partial charge on any atom is 0.138 e. The number of rotatable bonds is 6. The second-order valence-corrected chi connectivity index (χ2v) is 5.44. The first-order chi connectivity index (χ1) is 9.61. The van der Waals surface area contributed by atoms with Crippen LogP contribution < -0.4 is 5.32 Å². The van der Waals surface area contributed by atoms with Crippen molar-refractivity contribution in [2.45, 2.75) is 32.7 Å². The lowest BCUT2D eigenvalue weighted by Crippen LogP contribution is -2.25. The molecule has 1 aromatic heterocycles. The van der Waals surface area contributed by atoms with Gasteiger partial charge in [0.25, 0.3) is 0 Å². The summed E-state index contributed by atoms with van der Waals surface area (Å²) in [6, 6.07) is 6.36. The number of benzene rings is 1. The second-order valence-electron chi connectivity index (χ2n) is 5.04. The lowest BCUT2D eigenvalue weighted by Gasteiger charge is -2.20. The molecule has 4 nitrogen and oxygen atoms in total. The van der Waals surface area contributed by atoms with Crippen molar-refractivity contribution in [3.8, 4) is 0 Å². The van der Waals surface area contributed by atoms with E-state index in [1.807, 2.05) is 24.7 Å². The molecule has 1 aromatic carbocycles. The first kappa shape index (κ1) is 15.0. The molecule has 2 rings (SSSR count). The summed E-state index contributed by atoms with van der Waals surface area (Å²) < 4.78 is 1.81. The SMILES string of the molecule is CCCNC(Cc1ncnn1C)c1ccc(C)cc1Cl. The molecule has 0 spiro atoms. The molecule has 0 saturated carbocycles. The van der Waals surface area contributed by atoms with Gasteiger partial charge in [-0.1, -0.05) is 30.7 Å². The average Bonchev–Trinajstić information content (AvgIpc) is 2.80. The van der Waals surface area contributed by atoms with Gasteiger partial charge in [0.1, 0.15) is 12.2 Å². The minimum atomic E-state index is 0.158. The fourth-order valence-electron chi connectivity index (χ4n) is 2.21. The third-order valence-electron chi connectivity index (χ3n) is 3.36. The van der Waals surface area contributed by atoms with Crippen LogP contribution in [0.4, 0.5) is 0 Å². The summed E-state index contributed by atoms with van der Waals surface area (Å²) in [6.45, 7) is 5.16. The van der Waals surface area contributed by atoms with Gasteiger partial charge in [-0.3, -0.25) is 4.68 Å². The van der Waals surface area contributed by atoms with E-state index in [1.165, 1.54) is 5.56 Å². The van der Waals surface area contributed by atoms with Crippen LogP contribution in [0.5, 0.6) is 0 Å². The van der Waals surface area contributed by atoms with Gasteiger partial charge in [-0.05, 0) is 37.1 Å². The van der Waals surface area contributed by atoms with Gasteiger partial charge in [0.2, 0.25) is 0 Å². The van der Waals surface area contributed by atoms with Crippen molar-refractivity contribution in [2.75, 3.05) is 6.54 Å². The van der Waals surface area contributed by atoms with E-state index >= 15 is 0 Å². The normalized spacial score (nSPS) is 12.6. The predicted molar refractivity (Wildman–Crippen MR) is 81.9 cm³/mol. The van der Waals surface area contributed by atoms with E-state index < -0.39 is 0 Å². The maximum atomic E-state index is 6.40. The number of nitrogens with one attached hydrogen (secondary N) is 1. The predicted octanol–water partition coefficient (Wildman–Crippen LogP) is 3.06. The fourth-order valence-corrected chi connectivity index (χ4v) is 2.58. The maximum absolute atomic E-state index is 6.40. The van der Waals surface area contributed by atoms with Gasteiger partial charge in [0.05, 0.1) is 0 Å². The summed E-state index contributed by atoms with van der Waals surface area (Å²) in [5.74, 6) is 0.954. The Morgan fingerprint density at radius 3 is 2.80 bits per heavy atom. The number of hydrogen-bond donors (Lipinski definition) is 1. The van der Waals surface area contributed by atoms with E-state index in [-0.39, 0.29) is 6.04 Å². The van der Waals surface area contributed by atoms with Crippen LogP contribution in [0.15, 0.2) is 24.5 Å². The van der Waals surface area contributed by atoms with Crippen molar-refractivity contribution in [3.05, 3.63) is 46.5 Å². The molecular weight excluding hydrogens is 272 g/mol. The van der Waals surface area contributed by atoms with E-state index in [9.17, 15) is 0 Å². The topological polar surface area (TPSA) is 42.7 Å². The molecule has 20 heavy (non-hydrogen) atoms. The highest BCUT2D eigenvalue weighted by Gasteiger charge is 2.17. The molecule has 5 heteroatoms. The minimum absolute atomic E-state index is 0.158. The molecule has 0 bridgehead atoms. The van der Waals surface area contributed by atoms with Crippen molar-refractivity contribution >= 4 is 11.6 Å². The highest BCUT2D eigenvalue weighted by Crippen LogP contribution is 2.26. The fraction of sp³-hybridized carbons (Fsp3) is 0.467. The largest absolute Gasteiger partial charge is 0.310 e. The molecule has 1 unspecified atom stereocenters. The highest BCUT2D eigenvalue weighted by atomic mass is 35.5. The van der Waals surface area contributed by atoms with Crippen LogP contribution in [0.1, 0.15) is 36.3 Å².